The molecule has 92 heavy (non-hydrogen) atoms. The van der Waals surface area contributed by atoms with E-state index in [9.17, 15) is 79.2 Å². The number of aliphatic hydroxyl groups excluding tert-OH is 8. The van der Waals surface area contributed by atoms with E-state index >= 15 is 9.59 Å². The monoisotopic (exact) mass is 1300 g/mol. The summed E-state index contributed by atoms with van der Waals surface area (Å²) in [7, 11) is 0. The summed E-state index contributed by atoms with van der Waals surface area (Å²) >= 11 is 0. The molecular formula is C64H100N6O22. The van der Waals surface area contributed by atoms with Crippen molar-refractivity contribution in [3.05, 3.63) is 70.8 Å². The molecule has 0 aliphatic heterocycles. The zero-order valence-electron chi connectivity index (χ0n) is 55.3. The first-order valence-electron chi connectivity index (χ1n) is 31.1. The predicted octanol–water partition coefficient (Wildman–Crippen LogP) is 0.927. The van der Waals surface area contributed by atoms with Gasteiger partial charge in [-0.1, -0.05) is 24.3 Å². The molecule has 0 radical (unpaired) electrons. The topological polar surface area (TPSA) is 389 Å². The van der Waals surface area contributed by atoms with Gasteiger partial charge in [-0.2, -0.15) is 0 Å². The summed E-state index contributed by atoms with van der Waals surface area (Å²) in [4.78, 5) is 145. The Bertz CT molecular complexity index is 2600. The van der Waals surface area contributed by atoms with Gasteiger partial charge in [-0.25, -0.2) is 4.79 Å². The second-order valence-electron chi connectivity index (χ2n) is 24.0. The van der Waals surface area contributed by atoms with E-state index in [1.165, 1.54) is 151 Å². The molecule has 28 nitrogen and oxygen atoms in total. The highest BCUT2D eigenvalue weighted by molar-refractivity contribution is 6.08. The van der Waals surface area contributed by atoms with Gasteiger partial charge in [0.15, 0.2) is 0 Å². The maximum Gasteiger partial charge on any atom is 0.339 e. The molecule has 0 aromatic heterocycles. The molecule has 6 amide bonds. The van der Waals surface area contributed by atoms with Gasteiger partial charge < -0.3 is 89.2 Å². The van der Waals surface area contributed by atoms with E-state index in [-0.39, 0.29) is 93.9 Å². The SMILES string of the molecule is CC(O)CN(CC(C)O)C(=O)CCC(=O)OC(C)CN(CC(C)OC(=O)CCC(=O)N(CC(C)O)CC(C)O)C(=O)c1ccccc1C(=O)N(CC(C)OC(=O)CCC(=O)N(CC(C)O)CC(C)O)CC(C)OC(=O)c1ccccc1C(=O)N(CC(C)O)CC(C)O. The summed E-state index contributed by atoms with van der Waals surface area (Å²) < 4.78 is 22.9. The highest BCUT2D eigenvalue weighted by Crippen LogP contribution is 2.21. The first kappa shape index (κ1) is 80.9. The van der Waals surface area contributed by atoms with Gasteiger partial charge in [0.1, 0.15) is 24.4 Å². The molecule has 0 bridgehead atoms. The van der Waals surface area contributed by atoms with Gasteiger partial charge in [-0.05, 0) is 107 Å². The van der Waals surface area contributed by atoms with Crippen LogP contribution < -0.4 is 0 Å². The van der Waals surface area contributed by atoms with E-state index in [1.807, 2.05) is 0 Å². The third kappa shape index (κ3) is 31.0. The van der Waals surface area contributed by atoms with Crippen molar-refractivity contribution in [1.29, 1.82) is 0 Å². The summed E-state index contributed by atoms with van der Waals surface area (Å²) in [5.74, 6) is -7.72. The molecule has 28 heteroatoms. The lowest BCUT2D eigenvalue weighted by molar-refractivity contribution is -0.152. The number of rotatable bonds is 41. The Hall–Kier alpha value is -7.18. The Morgan fingerprint density at radius 3 is 0.717 bits per heavy atom. The lowest BCUT2D eigenvalue weighted by Crippen LogP contribution is -2.45. The molecule has 0 fully saturated rings. The highest BCUT2D eigenvalue weighted by atomic mass is 16.6. The minimum Gasteiger partial charge on any atom is -0.461 e. The summed E-state index contributed by atoms with van der Waals surface area (Å²) in [5.41, 5.74) is -0.821. The van der Waals surface area contributed by atoms with E-state index in [4.69, 9.17) is 18.9 Å². The number of amides is 6. The van der Waals surface area contributed by atoms with Gasteiger partial charge in [0.2, 0.25) is 17.7 Å². The van der Waals surface area contributed by atoms with Gasteiger partial charge in [0.25, 0.3) is 17.7 Å². The van der Waals surface area contributed by atoms with Gasteiger partial charge >= 0.3 is 23.9 Å². The minimum absolute atomic E-state index is 0.116. The summed E-state index contributed by atoms with van der Waals surface area (Å²) in [5, 5.41) is 80.1. The molecule has 12 atom stereocenters. The molecular weight excluding hydrogens is 1200 g/mol. The van der Waals surface area contributed by atoms with Crippen molar-refractivity contribution >= 4 is 59.3 Å². The Morgan fingerprint density at radius 2 is 0.478 bits per heavy atom. The Kier molecular flexibility index (Phi) is 35.8. The molecule has 0 aliphatic rings. The fraction of sp³-hybridized carbons (Fsp3) is 0.656. The summed E-state index contributed by atoms with van der Waals surface area (Å²) in [6.07, 6.45) is -14.7. The van der Waals surface area contributed by atoms with Gasteiger partial charge in [-0.15, -0.1) is 0 Å². The van der Waals surface area contributed by atoms with Crippen LogP contribution in [-0.2, 0) is 47.7 Å². The number of aliphatic hydroxyl groups is 8. The average Bonchev–Trinajstić information content (AvgIpc) is 0.839. The maximum atomic E-state index is 15.2. The summed E-state index contributed by atoms with van der Waals surface area (Å²) in [6, 6.07) is 11.2. The van der Waals surface area contributed by atoms with E-state index in [2.05, 4.69) is 0 Å². The standard InChI is InChI=1S/C64H100N6O22/c1-39(71)27-65(28-40(2)72)55(79)21-24-58(82)89-47(9)35-69(36-48(10)90-59(83)25-22-56(80)66(29-41(3)73)30-42(4)74)61(85)51-17-13-14-18-52(51)62(86)70(37-49(11)91-60(84)26-23-57(81)67(31-43(5)75)32-44(6)76)38-50(12)92-64(88)54-20-16-15-19-53(54)63(87)68(33-45(7)77)34-46(8)78/h13-20,39-50,71-78H,21-38H2,1-12H3. The fourth-order valence-corrected chi connectivity index (χ4v) is 9.91. The molecule has 0 saturated heterocycles. The van der Waals surface area contributed by atoms with E-state index in [0.29, 0.717) is 0 Å². The van der Waals surface area contributed by atoms with Crippen molar-refractivity contribution in [1.82, 2.24) is 29.4 Å². The first-order valence-corrected chi connectivity index (χ1v) is 31.1. The molecule has 0 spiro atoms. The zero-order chi connectivity index (χ0) is 69.7. The van der Waals surface area contributed by atoms with Crippen LogP contribution in [0.5, 0.6) is 0 Å². The maximum absolute atomic E-state index is 15.2. The molecule has 0 saturated carbocycles. The van der Waals surface area contributed by atoms with Crippen molar-refractivity contribution in [2.75, 3.05) is 78.5 Å². The van der Waals surface area contributed by atoms with Crippen molar-refractivity contribution in [3.63, 3.8) is 0 Å². The van der Waals surface area contributed by atoms with Gasteiger partial charge in [0.05, 0.1) is 117 Å². The number of carbonyl (C=O) groups is 10. The van der Waals surface area contributed by atoms with Crippen LogP contribution in [0.2, 0.25) is 0 Å². The van der Waals surface area contributed by atoms with Crippen molar-refractivity contribution in [2.45, 2.75) is 195 Å². The molecule has 12 unspecified atom stereocenters. The van der Waals surface area contributed by atoms with Gasteiger partial charge in [0, 0.05) is 71.6 Å². The molecule has 2 rings (SSSR count). The van der Waals surface area contributed by atoms with E-state index < -0.39 is 178 Å². The Labute approximate surface area is 538 Å². The number of benzene rings is 2. The number of carbonyl (C=O) groups excluding carboxylic acids is 10. The molecule has 2 aromatic rings. The largest absolute Gasteiger partial charge is 0.461 e. The minimum atomic E-state index is -1.22. The molecule has 518 valence electrons. The second-order valence-corrected chi connectivity index (χ2v) is 24.0. The first-order chi connectivity index (χ1) is 43.0. The highest BCUT2D eigenvalue weighted by Gasteiger charge is 2.33. The molecule has 2 aromatic carbocycles. The normalized spacial score (nSPS) is 15.2. The van der Waals surface area contributed by atoms with Crippen LogP contribution in [0.4, 0.5) is 0 Å². The van der Waals surface area contributed by atoms with E-state index in [1.54, 1.807) is 0 Å². The predicted molar refractivity (Wildman–Crippen MR) is 333 cm³/mol. The van der Waals surface area contributed by atoms with Crippen LogP contribution in [0.3, 0.4) is 0 Å². The third-order valence-electron chi connectivity index (χ3n) is 13.4. The van der Waals surface area contributed by atoms with Crippen LogP contribution in [0.15, 0.2) is 48.5 Å². The third-order valence-corrected chi connectivity index (χ3v) is 13.4. The van der Waals surface area contributed by atoms with Crippen LogP contribution in [0.25, 0.3) is 0 Å². The van der Waals surface area contributed by atoms with E-state index in [0.717, 1.165) is 9.80 Å². The molecule has 0 heterocycles. The average molecular weight is 1310 g/mol. The number of hydrogen-bond donors (Lipinski definition) is 8. The van der Waals surface area contributed by atoms with Crippen LogP contribution >= 0.6 is 0 Å². The fourth-order valence-electron chi connectivity index (χ4n) is 9.91. The Balaban J connectivity index is 2.68. The zero-order valence-corrected chi connectivity index (χ0v) is 55.3. The lowest BCUT2D eigenvalue weighted by Gasteiger charge is -2.31. The number of esters is 4. The second kappa shape index (κ2) is 40.7. The molecule has 8 N–H and O–H groups in total. The van der Waals surface area contributed by atoms with Crippen molar-refractivity contribution in [2.24, 2.45) is 0 Å². The quantitative estimate of drug-likeness (QED) is 0.0339. The Morgan fingerprint density at radius 1 is 0.283 bits per heavy atom. The number of hydrogen-bond acceptors (Lipinski definition) is 22. The van der Waals surface area contributed by atoms with Crippen LogP contribution in [0, 0.1) is 0 Å². The smallest absolute Gasteiger partial charge is 0.339 e. The summed E-state index contributed by atoms with van der Waals surface area (Å²) in [6.45, 7) is 14.6. The lowest BCUT2D eigenvalue weighted by atomic mass is 10.0. The van der Waals surface area contributed by atoms with Crippen LogP contribution in [-0.4, -0.2) is 281 Å². The number of nitrogens with zero attached hydrogens (tertiary/aromatic N) is 6. The molecule has 0 aliphatic carbocycles. The van der Waals surface area contributed by atoms with Gasteiger partial charge in [-0.3, -0.25) is 43.2 Å². The van der Waals surface area contributed by atoms with Crippen LogP contribution in [0.1, 0.15) is 163 Å². The van der Waals surface area contributed by atoms with Crippen molar-refractivity contribution < 1.29 is 108 Å². The number of ether oxygens (including phenoxy) is 4. The van der Waals surface area contributed by atoms with Crippen molar-refractivity contribution in [3.8, 4) is 0 Å².